The van der Waals surface area contributed by atoms with Crippen molar-refractivity contribution < 1.29 is 13.5 Å². The maximum absolute atomic E-state index is 12.1. The number of alkyl halides is 2. The molecule has 0 fully saturated rings. The number of halogens is 3. The van der Waals surface area contributed by atoms with Crippen molar-refractivity contribution in [3.8, 4) is 17.1 Å². The molecule has 1 heterocycles. The van der Waals surface area contributed by atoms with E-state index in [2.05, 4.69) is 15.2 Å². The molecule has 1 N–H and O–H groups in total. The number of methoxy groups -OCH3 is 1. The van der Waals surface area contributed by atoms with Gasteiger partial charge in [0.2, 0.25) is 11.6 Å². The van der Waals surface area contributed by atoms with E-state index >= 15 is 0 Å². The molecule has 0 saturated heterocycles. The van der Waals surface area contributed by atoms with Crippen LogP contribution in [0.25, 0.3) is 11.4 Å². The average molecular weight is 306 g/mol. The first kappa shape index (κ1) is 14.1. The normalized spacial score (nSPS) is 11.0. The molecule has 1 aromatic carbocycles. The monoisotopic (exact) mass is 305 g/mol. The van der Waals surface area contributed by atoms with Crippen LogP contribution in [0.1, 0.15) is 0 Å². The van der Waals surface area contributed by atoms with Gasteiger partial charge in [-0.2, -0.15) is 0 Å². The number of H-pyrrole nitrogens is 1. The number of thioether (sulfide) groups is 1. The van der Waals surface area contributed by atoms with Gasteiger partial charge in [-0.15, -0.1) is 5.10 Å². The van der Waals surface area contributed by atoms with Crippen molar-refractivity contribution in [2.24, 2.45) is 0 Å². The smallest absolute Gasteiger partial charge is 0.248 e. The highest BCUT2D eigenvalue weighted by molar-refractivity contribution is 7.99. The Morgan fingerprint density at radius 3 is 2.95 bits per heavy atom. The Bertz CT molecular complexity index is 565. The Kier molecular flexibility index (Phi) is 4.60. The number of nitrogens with zero attached hydrogens (tertiary/aromatic N) is 2. The summed E-state index contributed by atoms with van der Waals surface area (Å²) in [5.74, 6) is 0.659. The van der Waals surface area contributed by atoms with Gasteiger partial charge in [-0.1, -0.05) is 23.4 Å². The number of hydrogen-bond acceptors (Lipinski definition) is 4. The first-order valence-corrected chi connectivity index (χ1v) is 6.63. The third-order valence-electron chi connectivity index (χ3n) is 2.22. The lowest BCUT2D eigenvalue weighted by Crippen LogP contribution is -1.93. The van der Waals surface area contributed by atoms with Crippen LogP contribution in [0.3, 0.4) is 0 Å². The fraction of sp³-hybridized carbons (Fsp3) is 0.273. The minimum Gasteiger partial charge on any atom is -0.496 e. The molecule has 0 radical (unpaired) electrons. The highest BCUT2D eigenvalue weighted by Gasteiger charge is 2.13. The predicted octanol–water partition coefficient (Wildman–Crippen LogP) is 3.49. The SMILES string of the molecule is COc1ccc(Cl)cc1-c1nc(SCC(F)F)n[nH]1. The molecule has 0 aliphatic carbocycles. The van der Waals surface area contributed by atoms with E-state index in [0.29, 0.717) is 22.2 Å². The summed E-state index contributed by atoms with van der Waals surface area (Å²) in [6.45, 7) is 0. The van der Waals surface area contributed by atoms with Gasteiger partial charge >= 0.3 is 0 Å². The Labute approximate surface area is 117 Å². The van der Waals surface area contributed by atoms with E-state index in [1.165, 1.54) is 7.11 Å². The molecule has 4 nitrogen and oxygen atoms in total. The third kappa shape index (κ3) is 3.57. The first-order chi connectivity index (χ1) is 9.10. The molecule has 2 rings (SSSR count). The summed E-state index contributed by atoms with van der Waals surface area (Å²) in [5.41, 5.74) is 0.631. The Hall–Kier alpha value is -1.34. The highest BCUT2D eigenvalue weighted by Crippen LogP contribution is 2.31. The zero-order valence-electron chi connectivity index (χ0n) is 9.86. The zero-order chi connectivity index (χ0) is 13.8. The molecular weight excluding hydrogens is 296 g/mol. The van der Waals surface area contributed by atoms with Crippen molar-refractivity contribution in [2.75, 3.05) is 12.9 Å². The molecule has 8 heteroatoms. The lowest BCUT2D eigenvalue weighted by molar-refractivity contribution is 0.176. The van der Waals surface area contributed by atoms with E-state index in [0.717, 1.165) is 11.8 Å². The van der Waals surface area contributed by atoms with Crippen molar-refractivity contribution in [3.05, 3.63) is 23.2 Å². The van der Waals surface area contributed by atoms with Crippen molar-refractivity contribution in [3.63, 3.8) is 0 Å². The number of benzene rings is 1. The summed E-state index contributed by atoms with van der Waals surface area (Å²) in [5, 5.41) is 7.33. The van der Waals surface area contributed by atoms with Gasteiger partial charge in [-0.3, -0.25) is 5.10 Å². The van der Waals surface area contributed by atoms with Gasteiger partial charge in [0.1, 0.15) is 5.75 Å². The van der Waals surface area contributed by atoms with E-state index in [1.54, 1.807) is 18.2 Å². The highest BCUT2D eigenvalue weighted by atomic mass is 35.5. The number of nitrogens with one attached hydrogen (secondary N) is 1. The molecule has 0 aliphatic rings. The fourth-order valence-electron chi connectivity index (χ4n) is 1.43. The number of aromatic amines is 1. The van der Waals surface area contributed by atoms with Crippen LogP contribution in [0, 0.1) is 0 Å². The minimum atomic E-state index is -2.40. The second-order valence-corrected chi connectivity index (χ2v) is 4.94. The average Bonchev–Trinajstić information content (AvgIpc) is 2.85. The van der Waals surface area contributed by atoms with Crippen LogP contribution < -0.4 is 4.74 Å². The van der Waals surface area contributed by atoms with Gasteiger partial charge in [-0.25, -0.2) is 13.8 Å². The molecule has 0 spiro atoms. The van der Waals surface area contributed by atoms with Gasteiger partial charge in [0.25, 0.3) is 0 Å². The summed E-state index contributed by atoms with van der Waals surface area (Å²) in [6.07, 6.45) is -2.40. The molecule has 102 valence electrons. The van der Waals surface area contributed by atoms with Gasteiger partial charge in [0, 0.05) is 5.02 Å². The second kappa shape index (κ2) is 6.21. The zero-order valence-corrected chi connectivity index (χ0v) is 11.4. The molecule has 19 heavy (non-hydrogen) atoms. The van der Waals surface area contributed by atoms with Crippen LogP contribution in [-0.2, 0) is 0 Å². The lowest BCUT2D eigenvalue weighted by Gasteiger charge is -2.05. The van der Waals surface area contributed by atoms with E-state index in [4.69, 9.17) is 16.3 Å². The molecular formula is C11H10ClF2N3OS. The Morgan fingerprint density at radius 2 is 2.26 bits per heavy atom. The third-order valence-corrected chi connectivity index (χ3v) is 3.31. The van der Waals surface area contributed by atoms with E-state index < -0.39 is 6.43 Å². The maximum atomic E-state index is 12.1. The molecule has 0 bridgehead atoms. The maximum Gasteiger partial charge on any atom is 0.248 e. The van der Waals surface area contributed by atoms with Gasteiger partial charge in [0.15, 0.2) is 5.82 Å². The van der Waals surface area contributed by atoms with Crippen LogP contribution in [-0.4, -0.2) is 34.5 Å². The molecule has 2 aromatic rings. The van der Waals surface area contributed by atoms with Crippen LogP contribution in [0.2, 0.25) is 5.02 Å². The molecule has 1 aromatic heterocycles. The van der Waals surface area contributed by atoms with Crippen LogP contribution in [0.5, 0.6) is 5.75 Å². The van der Waals surface area contributed by atoms with Crippen molar-refractivity contribution in [1.29, 1.82) is 0 Å². The van der Waals surface area contributed by atoms with Crippen LogP contribution in [0.15, 0.2) is 23.4 Å². The number of hydrogen-bond donors (Lipinski definition) is 1. The number of ether oxygens (including phenoxy) is 1. The minimum absolute atomic E-state index is 0.261. The van der Waals surface area contributed by atoms with Gasteiger partial charge in [0.05, 0.1) is 18.4 Å². The van der Waals surface area contributed by atoms with E-state index in [1.807, 2.05) is 0 Å². The number of aromatic nitrogens is 3. The Balaban J connectivity index is 2.24. The summed E-state index contributed by atoms with van der Waals surface area (Å²) in [4.78, 5) is 4.13. The van der Waals surface area contributed by atoms with Gasteiger partial charge < -0.3 is 4.74 Å². The fourth-order valence-corrected chi connectivity index (χ4v) is 2.15. The number of rotatable bonds is 5. The Morgan fingerprint density at radius 1 is 1.47 bits per heavy atom. The summed E-state index contributed by atoms with van der Waals surface area (Å²) in [6, 6.07) is 5.06. The summed E-state index contributed by atoms with van der Waals surface area (Å²) >= 11 is 6.80. The van der Waals surface area contributed by atoms with Crippen molar-refractivity contribution in [2.45, 2.75) is 11.6 Å². The largest absolute Gasteiger partial charge is 0.496 e. The lowest BCUT2D eigenvalue weighted by atomic mass is 10.2. The van der Waals surface area contributed by atoms with Crippen LogP contribution in [0.4, 0.5) is 8.78 Å². The van der Waals surface area contributed by atoms with E-state index in [9.17, 15) is 8.78 Å². The summed E-state index contributed by atoms with van der Waals surface area (Å²) < 4.78 is 29.4. The van der Waals surface area contributed by atoms with E-state index in [-0.39, 0.29) is 10.9 Å². The van der Waals surface area contributed by atoms with Crippen LogP contribution >= 0.6 is 23.4 Å². The topological polar surface area (TPSA) is 50.8 Å². The standard InChI is InChI=1S/C11H10ClF2N3OS/c1-18-8-3-2-6(12)4-7(8)10-15-11(17-16-10)19-5-9(13)14/h2-4,9H,5H2,1H3,(H,15,16,17). The second-order valence-electron chi connectivity index (χ2n) is 3.51. The summed E-state index contributed by atoms with van der Waals surface area (Å²) in [7, 11) is 1.52. The molecule has 0 unspecified atom stereocenters. The molecule has 0 aliphatic heterocycles. The van der Waals surface area contributed by atoms with Crippen molar-refractivity contribution >= 4 is 23.4 Å². The predicted molar refractivity (Wildman–Crippen MR) is 70.1 cm³/mol. The van der Waals surface area contributed by atoms with Crippen molar-refractivity contribution in [1.82, 2.24) is 15.2 Å². The molecule has 0 saturated carbocycles. The quantitative estimate of drug-likeness (QED) is 0.859. The molecule has 0 amide bonds. The van der Waals surface area contributed by atoms with Gasteiger partial charge in [-0.05, 0) is 18.2 Å². The first-order valence-electron chi connectivity index (χ1n) is 5.27. The molecule has 0 atom stereocenters.